The molecule has 2 rings (SSSR count). The lowest BCUT2D eigenvalue weighted by molar-refractivity contribution is 0.641. The minimum atomic E-state index is -0.428. The molecule has 0 unspecified atom stereocenters. The fraction of sp³-hybridized carbons (Fsp3) is 0. The molecule has 1 aromatic carbocycles. The van der Waals surface area contributed by atoms with Gasteiger partial charge in [0, 0.05) is 10.4 Å². The Morgan fingerprint density at radius 1 is 1.25 bits per heavy atom. The summed E-state index contributed by atoms with van der Waals surface area (Å²) in [6, 6.07) is 3.90. The van der Waals surface area contributed by atoms with Gasteiger partial charge < -0.3 is 0 Å². The zero-order chi connectivity index (χ0) is 8.72. The summed E-state index contributed by atoms with van der Waals surface area (Å²) < 4.78 is 25.9. The smallest absolute Gasteiger partial charge is 0.177 e. The third kappa shape index (κ3) is 1.09. The van der Waals surface area contributed by atoms with Crippen LogP contribution in [-0.4, -0.2) is 0 Å². The van der Waals surface area contributed by atoms with Gasteiger partial charge in [0.2, 0.25) is 0 Å². The molecule has 0 spiro atoms. The van der Waals surface area contributed by atoms with Gasteiger partial charge in [0.15, 0.2) is 5.13 Å². The molecule has 0 fully saturated rings. The SMILES string of the molecule is Fc1cc2c(Cl)ccc(F)c2s1. The van der Waals surface area contributed by atoms with Crippen molar-refractivity contribution in [3.63, 3.8) is 0 Å². The number of fused-ring (bicyclic) bond motifs is 1. The van der Waals surface area contributed by atoms with Crippen LogP contribution in [0.4, 0.5) is 8.78 Å². The molecule has 4 heteroatoms. The molecular weight excluding hydrogens is 202 g/mol. The van der Waals surface area contributed by atoms with Crippen molar-refractivity contribution in [2.45, 2.75) is 0 Å². The van der Waals surface area contributed by atoms with Crippen LogP contribution in [0, 0.1) is 10.9 Å². The van der Waals surface area contributed by atoms with Gasteiger partial charge in [-0.25, -0.2) is 4.39 Å². The summed E-state index contributed by atoms with van der Waals surface area (Å²) in [6.45, 7) is 0. The van der Waals surface area contributed by atoms with Crippen molar-refractivity contribution in [3.8, 4) is 0 Å². The van der Waals surface area contributed by atoms with Crippen LogP contribution >= 0.6 is 22.9 Å². The number of hydrogen-bond acceptors (Lipinski definition) is 1. The van der Waals surface area contributed by atoms with E-state index in [2.05, 4.69) is 0 Å². The van der Waals surface area contributed by atoms with E-state index >= 15 is 0 Å². The summed E-state index contributed by atoms with van der Waals surface area (Å²) in [5, 5.41) is 0.405. The van der Waals surface area contributed by atoms with E-state index in [1.807, 2.05) is 0 Å². The molecule has 0 amide bonds. The Morgan fingerprint density at radius 3 is 2.67 bits per heavy atom. The van der Waals surface area contributed by atoms with Crippen LogP contribution < -0.4 is 0 Å². The molecule has 62 valence electrons. The number of thiophene rings is 1. The highest BCUT2D eigenvalue weighted by Gasteiger charge is 2.08. The van der Waals surface area contributed by atoms with Crippen molar-refractivity contribution in [3.05, 3.63) is 34.2 Å². The fourth-order valence-electron chi connectivity index (χ4n) is 1.03. The van der Waals surface area contributed by atoms with E-state index in [0.717, 1.165) is 11.3 Å². The summed E-state index contributed by atoms with van der Waals surface area (Å²) >= 11 is 6.48. The van der Waals surface area contributed by atoms with Crippen LogP contribution in [0.3, 0.4) is 0 Å². The first kappa shape index (κ1) is 7.95. The third-order valence-electron chi connectivity index (χ3n) is 1.55. The number of hydrogen-bond donors (Lipinski definition) is 0. The van der Waals surface area contributed by atoms with E-state index in [0.29, 0.717) is 10.4 Å². The first-order valence-electron chi connectivity index (χ1n) is 3.21. The molecule has 0 atom stereocenters. The van der Waals surface area contributed by atoms with Crippen LogP contribution in [0.5, 0.6) is 0 Å². The van der Waals surface area contributed by atoms with Crippen molar-refractivity contribution in [2.24, 2.45) is 0 Å². The molecule has 0 saturated heterocycles. The minimum absolute atomic E-state index is 0.278. The van der Waals surface area contributed by atoms with Crippen molar-refractivity contribution >= 4 is 33.0 Å². The Bertz CT molecular complexity index is 397. The van der Waals surface area contributed by atoms with Gasteiger partial charge in [-0.3, -0.25) is 0 Å². The van der Waals surface area contributed by atoms with Crippen molar-refractivity contribution in [1.82, 2.24) is 0 Å². The van der Waals surface area contributed by atoms with E-state index in [-0.39, 0.29) is 4.70 Å². The lowest BCUT2D eigenvalue weighted by Crippen LogP contribution is -1.72. The first-order valence-corrected chi connectivity index (χ1v) is 4.41. The van der Waals surface area contributed by atoms with E-state index < -0.39 is 10.9 Å². The van der Waals surface area contributed by atoms with Gasteiger partial charge in [0.05, 0.1) is 4.70 Å². The van der Waals surface area contributed by atoms with Crippen molar-refractivity contribution in [1.29, 1.82) is 0 Å². The monoisotopic (exact) mass is 204 g/mol. The number of rotatable bonds is 0. The zero-order valence-electron chi connectivity index (χ0n) is 5.77. The fourth-order valence-corrected chi connectivity index (χ4v) is 2.11. The molecule has 0 aliphatic rings. The summed E-state index contributed by atoms with van der Waals surface area (Å²) in [7, 11) is 0. The molecule has 0 saturated carbocycles. The topological polar surface area (TPSA) is 0 Å². The van der Waals surface area contributed by atoms with Crippen LogP contribution in [-0.2, 0) is 0 Å². The summed E-state index contributed by atoms with van der Waals surface area (Å²) in [4.78, 5) is 0. The van der Waals surface area contributed by atoms with Gasteiger partial charge in [0.1, 0.15) is 5.82 Å². The molecule has 0 aliphatic carbocycles. The molecule has 2 aromatic rings. The average molecular weight is 205 g/mol. The molecule has 1 heterocycles. The second kappa shape index (κ2) is 2.68. The van der Waals surface area contributed by atoms with Gasteiger partial charge in [-0.1, -0.05) is 11.6 Å². The second-order valence-electron chi connectivity index (χ2n) is 2.32. The lowest BCUT2D eigenvalue weighted by Gasteiger charge is -1.92. The van der Waals surface area contributed by atoms with Crippen LogP contribution in [0.25, 0.3) is 10.1 Å². The van der Waals surface area contributed by atoms with E-state index in [1.54, 1.807) is 0 Å². The van der Waals surface area contributed by atoms with E-state index in [9.17, 15) is 8.78 Å². The Kier molecular flexibility index (Phi) is 1.77. The largest absolute Gasteiger partial charge is 0.205 e. The van der Waals surface area contributed by atoms with Crippen LogP contribution in [0.15, 0.2) is 18.2 Å². The number of halogens is 3. The van der Waals surface area contributed by atoms with Crippen molar-refractivity contribution < 1.29 is 8.78 Å². The van der Waals surface area contributed by atoms with Crippen LogP contribution in [0.2, 0.25) is 5.02 Å². The Labute approximate surface area is 76.4 Å². The quantitative estimate of drug-likeness (QED) is 0.612. The zero-order valence-corrected chi connectivity index (χ0v) is 7.35. The van der Waals surface area contributed by atoms with E-state index in [1.165, 1.54) is 18.2 Å². The summed E-state index contributed by atoms with van der Waals surface area (Å²) in [6.07, 6.45) is 0. The molecule has 0 nitrogen and oxygen atoms in total. The highest BCUT2D eigenvalue weighted by Crippen LogP contribution is 2.32. The van der Waals surface area contributed by atoms with Gasteiger partial charge in [-0.15, -0.1) is 11.3 Å². The maximum absolute atomic E-state index is 13.0. The van der Waals surface area contributed by atoms with Gasteiger partial charge in [-0.05, 0) is 18.2 Å². The number of benzene rings is 1. The molecule has 0 bridgehead atoms. The second-order valence-corrected chi connectivity index (χ2v) is 3.73. The highest BCUT2D eigenvalue weighted by molar-refractivity contribution is 7.17. The van der Waals surface area contributed by atoms with Gasteiger partial charge in [-0.2, -0.15) is 4.39 Å². The molecule has 12 heavy (non-hydrogen) atoms. The molecule has 0 N–H and O–H groups in total. The predicted molar refractivity (Wildman–Crippen MR) is 46.8 cm³/mol. The summed E-state index contributed by atoms with van der Waals surface area (Å²) in [5.41, 5.74) is 0. The molecule has 0 radical (unpaired) electrons. The maximum Gasteiger partial charge on any atom is 0.177 e. The standard InChI is InChI=1S/C8H3ClF2S/c9-5-1-2-6(10)8-4(5)3-7(11)12-8/h1-3H. The lowest BCUT2D eigenvalue weighted by atomic mass is 10.2. The highest BCUT2D eigenvalue weighted by atomic mass is 35.5. The Balaban J connectivity index is 2.93. The Morgan fingerprint density at radius 2 is 2.00 bits per heavy atom. The normalized spacial score (nSPS) is 10.9. The third-order valence-corrected chi connectivity index (χ3v) is 2.81. The molecule has 0 aliphatic heterocycles. The average Bonchev–Trinajstić information content (AvgIpc) is 2.41. The first-order chi connectivity index (χ1) is 5.68. The summed E-state index contributed by atoms with van der Waals surface area (Å²) in [5.74, 6) is -0.428. The molecule has 1 aromatic heterocycles. The minimum Gasteiger partial charge on any atom is -0.205 e. The van der Waals surface area contributed by atoms with Crippen LogP contribution in [0.1, 0.15) is 0 Å². The van der Waals surface area contributed by atoms with E-state index in [4.69, 9.17) is 11.6 Å². The maximum atomic E-state index is 13.0. The molecular formula is C8H3ClF2S. The Hall–Kier alpha value is -0.670. The van der Waals surface area contributed by atoms with Gasteiger partial charge in [0.25, 0.3) is 0 Å². The van der Waals surface area contributed by atoms with Crippen molar-refractivity contribution in [2.75, 3.05) is 0 Å². The van der Waals surface area contributed by atoms with Gasteiger partial charge >= 0.3 is 0 Å². The predicted octanol–water partition coefficient (Wildman–Crippen LogP) is 3.83.